The van der Waals surface area contributed by atoms with Gasteiger partial charge in [-0.25, -0.2) is 0 Å². The quantitative estimate of drug-likeness (QED) is 0.823. The Hall–Kier alpha value is -2.47. The number of rotatable bonds is 4. The largest absolute Gasteiger partial charge is 0.496 e. The molecular weight excluding hydrogens is 356 g/mol. The molecule has 3 rings (SSSR count). The van der Waals surface area contributed by atoms with E-state index in [0.29, 0.717) is 41.6 Å². The van der Waals surface area contributed by atoms with E-state index in [1.807, 2.05) is 13.0 Å². The van der Waals surface area contributed by atoms with E-state index in [-0.39, 0.29) is 17.6 Å². The monoisotopic (exact) mass is 376 g/mol. The van der Waals surface area contributed by atoms with E-state index < -0.39 is 0 Å². The van der Waals surface area contributed by atoms with Crippen LogP contribution < -0.4 is 15.0 Å². The topological polar surface area (TPSA) is 60.8 Å². The number of aryl methyl sites for hydroxylation is 1. The SMILES string of the molecule is COc1ccc(Cl)cc1C(=O)N1CCC(Oc2cc(C)n(C)c(=O)c2)C1. The number of benzene rings is 1. The molecule has 1 fully saturated rings. The molecule has 0 spiro atoms. The van der Waals surface area contributed by atoms with Gasteiger partial charge >= 0.3 is 0 Å². The molecule has 0 aliphatic carbocycles. The molecule has 1 aliphatic rings. The van der Waals surface area contributed by atoms with Gasteiger partial charge in [0.15, 0.2) is 0 Å². The minimum absolute atomic E-state index is 0.116. The van der Waals surface area contributed by atoms with Crippen molar-refractivity contribution in [3.63, 3.8) is 0 Å². The smallest absolute Gasteiger partial charge is 0.257 e. The van der Waals surface area contributed by atoms with E-state index in [1.54, 1.807) is 34.7 Å². The highest BCUT2D eigenvalue weighted by Gasteiger charge is 2.30. The molecule has 0 radical (unpaired) electrons. The number of likely N-dealkylation sites (tertiary alicyclic amines) is 1. The summed E-state index contributed by atoms with van der Waals surface area (Å²) in [5.74, 6) is 0.881. The van der Waals surface area contributed by atoms with Crippen LogP contribution in [0.15, 0.2) is 35.1 Å². The Morgan fingerprint density at radius 2 is 2.04 bits per heavy atom. The first-order valence-corrected chi connectivity index (χ1v) is 8.74. The van der Waals surface area contributed by atoms with Crippen molar-refractivity contribution in [1.82, 2.24) is 9.47 Å². The van der Waals surface area contributed by atoms with Gasteiger partial charge in [-0.15, -0.1) is 0 Å². The molecule has 2 aromatic rings. The fourth-order valence-corrected chi connectivity index (χ4v) is 3.20. The fraction of sp³-hybridized carbons (Fsp3) is 0.368. The molecule has 0 saturated carbocycles. The second-order valence-electron chi connectivity index (χ2n) is 6.35. The Labute approximate surface area is 156 Å². The first kappa shape index (κ1) is 18.3. The van der Waals surface area contributed by atoms with E-state index in [0.717, 1.165) is 5.69 Å². The van der Waals surface area contributed by atoms with Crippen molar-refractivity contribution in [3.05, 3.63) is 57.0 Å². The molecule has 26 heavy (non-hydrogen) atoms. The highest BCUT2D eigenvalue weighted by atomic mass is 35.5. The Morgan fingerprint density at radius 3 is 2.73 bits per heavy atom. The third-order valence-electron chi connectivity index (χ3n) is 4.60. The summed E-state index contributed by atoms with van der Waals surface area (Å²) in [5, 5.41) is 0.483. The molecule has 1 amide bonds. The van der Waals surface area contributed by atoms with Crippen LogP contribution >= 0.6 is 11.6 Å². The first-order chi connectivity index (χ1) is 12.4. The molecule has 6 nitrogen and oxygen atoms in total. The third-order valence-corrected chi connectivity index (χ3v) is 4.84. The van der Waals surface area contributed by atoms with Crippen molar-refractivity contribution in [2.45, 2.75) is 19.4 Å². The maximum atomic E-state index is 12.8. The van der Waals surface area contributed by atoms with Crippen LogP contribution in [-0.2, 0) is 7.05 Å². The average Bonchev–Trinajstić information content (AvgIpc) is 3.07. The fourth-order valence-electron chi connectivity index (χ4n) is 3.02. The van der Waals surface area contributed by atoms with Crippen LogP contribution in [0.2, 0.25) is 5.02 Å². The van der Waals surface area contributed by atoms with Crippen molar-refractivity contribution in [2.75, 3.05) is 20.2 Å². The number of methoxy groups -OCH3 is 1. The van der Waals surface area contributed by atoms with Crippen molar-refractivity contribution in [2.24, 2.45) is 7.05 Å². The lowest BCUT2D eigenvalue weighted by Gasteiger charge is -2.19. The van der Waals surface area contributed by atoms with Crippen molar-refractivity contribution >= 4 is 17.5 Å². The van der Waals surface area contributed by atoms with Crippen molar-refractivity contribution in [3.8, 4) is 11.5 Å². The van der Waals surface area contributed by atoms with Gasteiger partial charge in [0.25, 0.3) is 11.5 Å². The molecule has 1 aromatic carbocycles. The van der Waals surface area contributed by atoms with Crippen LogP contribution in [0, 0.1) is 6.92 Å². The van der Waals surface area contributed by atoms with Gasteiger partial charge in [0, 0.05) is 36.8 Å². The van der Waals surface area contributed by atoms with Gasteiger partial charge in [0.1, 0.15) is 17.6 Å². The predicted molar refractivity (Wildman–Crippen MR) is 99.4 cm³/mol. The Morgan fingerprint density at radius 1 is 1.27 bits per heavy atom. The molecule has 7 heteroatoms. The summed E-state index contributed by atoms with van der Waals surface area (Å²) in [7, 11) is 3.24. The summed E-state index contributed by atoms with van der Waals surface area (Å²) in [5.41, 5.74) is 1.14. The van der Waals surface area contributed by atoms with Gasteiger partial charge in [-0.2, -0.15) is 0 Å². The Bertz CT molecular complexity index is 894. The van der Waals surface area contributed by atoms with E-state index in [9.17, 15) is 9.59 Å². The van der Waals surface area contributed by atoms with Gasteiger partial charge in [0.05, 0.1) is 19.2 Å². The molecule has 1 saturated heterocycles. The summed E-state index contributed by atoms with van der Waals surface area (Å²) in [6.07, 6.45) is 0.540. The minimum atomic E-state index is -0.157. The maximum Gasteiger partial charge on any atom is 0.257 e. The van der Waals surface area contributed by atoms with Crippen molar-refractivity contribution in [1.29, 1.82) is 0 Å². The maximum absolute atomic E-state index is 12.8. The lowest BCUT2D eigenvalue weighted by Crippen LogP contribution is -2.31. The lowest BCUT2D eigenvalue weighted by molar-refractivity contribution is 0.0769. The predicted octanol–water partition coefficient (Wildman–Crippen LogP) is 2.65. The van der Waals surface area contributed by atoms with Crippen LogP contribution in [-0.4, -0.2) is 41.7 Å². The number of pyridine rings is 1. The standard InChI is InChI=1S/C19H21ClN2O4/c1-12-8-15(10-18(23)21(12)2)26-14-6-7-22(11-14)19(24)16-9-13(20)4-5-17(16)25-3/h4-5,8-10,14H,6-7,11H2,1-3H3. The first-order valence-electron chi connectivity index (χ1n) is 8.36. The molecule has 0 N–H and O–H groups in total. The van der Waals surface area contributed by atoms with Crippen LogP contribution in [0.25, 0.3) is 0 Å². The van der Waals surface area contributed by atoms with Gasteiger partial charge in [-0.3, -0.25) is 9.59 Å². The number of hydrogen-bond acceptors (Lipinski definition) is 4. The number of carbonyl (C=O) groups excluding carboxylic acids is 1. The second kappa shape index (κ2) is 7.41. The van der Waals surface area contributed by atoms with Gasteiger partial charge in [-0.1, -0.05) is 11.6 Å². The average molecular weight is 377 g/mol. The zero-order valence-electron chi connectivity index (χ0n) is 15.0. The molecular formula is C19H21ClN2O4. The molecule has 138 valence electrons. The summed E-state index contributed by atoms with van der Waals surface area (Å²) >= 11 is 6.02. The van der Waals surface area contributed by atoms with Gasteiger partial charge in [-0.05, 0) is 31.2 Å². The molecule has 1 unspecified atom stereocenters. The van der Waals surface area contributed by atoms with Crippen LogP contribution in [0.5, 0.6) is 11.5 Å². The summed E-state index contributed by atoms with van der Waals surface area (Å²) in [6.45, 7) is 2.87. The van der Waals surface area contributed by atoms with Crippen LogP contribution in [0.4, 0.5) is 0 Å². The number of ether oxygens (including phenoxy) is 2. The Kier molecular flexibility index (Phi) is 5.23. The van der Waals surface area contributed by atoms with Crippen LogP contribution in [0.1, 0.15) is 22.5 Å². The number of aromatic nitrogens is 1. The highest BCUT2D eigenvalue weighted by molar-refractivity contribution is 6.31. The van der Waals surface area contributed by atoms with Crippen molar-refractivity contribution < 1.29 is 14.3 Å². The summed E-state index contributed by atoms with van der Waals surface area (Å²) in [6, 6.07) is 8.28. The molecule has 1 atom stereocenters. The molecule has 0 bridgehead atoms. The number of nitrogens with zero attached hydrogens (tertiary/aromatic N) is 2. The Balaban J connectivity index is 1.72. The summed E-state index contributed by atoms with van der Waals surface area (Å²) < 4.78 is 12.7. The molecule has 2 heterocycles. The third kappa shape index (κ3) is 3.70. The zero-order chi connectivity index (χ0) is 18.8. The molecule has 1 aliphatic heterocycles. The van der Waals surface area contributed by atoms with E-state index in [1.165, 1.54) is 13.2 Å². The summed E-state index contributed by atoms with van der Waals surface area (Å²) in [4.78, 5) is 26.4. The van der Waals surface area contributed by atoms with E-state index in [4.69, 9.17) is 21.1 Å². The van der Waals surface area contributed by atoms with Gasteiger partial charge < -0.3 is 18.9 Å². The van der Waals surface area contributed by atoms with E-state index >= 15 is 0 Å². The normalized spacial score (nSPS) is 16.6. The van der Waals surface area contributed by atoms with Crippen LogP contribution in [0.3, 0.4) is 0 Å². The minimum Gasteiger partial charge on any atom is -0.496 e. The zero-order valence-corrected chi connectivity index (χ0v) is 15.7. The second-order valence-corrected chi connectivity index (χ2v) is 6.79. The van der Waals surface area contributed by atoms with E-state index in [2.05, 4.69) is 0 Å². The number of amides is 1. The number of carbonyl (C=O) groups is 1. The molecule has 1 aromatic heterocycles. The number of halogens is 1. The highest BCUT2D eigenvalue weighted by Crippen LogP contribution is 2.26. The van der Waals surface area contributed by atoms with Gasteiger partial charge in [0.2, 0.25) is 0 Å². The lowest BCUT2D eigenvalue weighted by atomic mass is 10.1. The number of hydrogen-bond donors (Lipinski definition) is 0.